The maximum absolute atomic E-state index is 11.9. The van der Waals surface area contributed by atoms with Crippen LogP contribution in [0.25, 0.3) is 21.6 Å². The van der Waals surface area contributed by atoms with E-state index in [0.717, 1.165) is 38.3 Å². The van der Waals surface area contributed by atoms with E-state index in [2.05, 4.69) is 0 Å². The Morgan fingerprint density at radius 2 is 1.44 bits per heavy atom. The minimum absolute atomic E-state index is 0.409. The monoisotopic (exact) mass is 389 g/mol. The number of aryl methyl sites for hydroxylation is 2. The Bertz CT molecular complexity index is 992. The van der Waals surface area contributed by atoms with Crippen molar-refractivity contribution in [3.05, 3.63) is 68.0 Å². The molecule has 1 aromatic heterocycles. The molecule has 3 aromatic rings. The number of rotatable bonds is 3. The van der Waals surface area contributed by atoms with E-state index in [0.29, 0.717) is 14.9 Å². The van der Waals surface area contributed by atoms with Crippen LogP contribution in [0.3, 0.4) is 0 Å². The maximum Gasteiger partial charge on any atom is 0.259 e. The van der Waals surface area contributed by atoms with Crippen molar-refractivity contribution < 1.29 is 4.79 Å². The van der Waals surface area contributed by atoms with Crippen LogP contribution >= 0.6 is 34.5 Å². The molecule has 0 saturated heterocycles. The van der Waals surface area contributed by atoms with E-state index in [-0.39, 0.29) is 0 Å². The lowest BCUT2D eigenvalue weighted by Crippen LogP contribution is -2.10. The van der Waals surface area contributed by atoms with Crippen molar-refractivity contribution in [1.29, 1.82) is 0 Å². The van der Waals surface area contributed by atoms with Gasteiger partial charge in [0.15, 0.2) is 0 Å². The number of carbonyl (C=O) groups excluding carboxylic acids is 1. The summed E-state index contributed by atoms with van der Waals surface area (Å²) in [6, 6.07) is 11.6. The third kappa shape index (κ3) is 3.32. The number of hydrogen-bond acceptors (Lipinski definition) is 2. The number of benzene rings is 2. The average molecular weight is 390 g/mol. The molecule has 1 heterocycles. The van der Waals surface area contributed by atoms with Crippen LogP contribution in [0.5, 0.6) is 0 Å². The standard InChI is InChI=1S/C20H17Cl2NOS/c1-10-8-13(21)4-6-15(10)17-12(3)18(20(23)24)25-19(17)16-7-5-14(22)9-11(16)2/h4-9H,1-3H3,(H2,23,24). The van der Waals surface area contributed by atoms with Crippen LogP contribution in [0, 0.1) is 20.8 Å². The predicted octanol–water partition coefficient (Wildman–Crippen LogP) is 6.41. The highest BCUT2D eigenvalue weighted by Gasteiger charge is 2.22. The van der Waals surface area contributed by atoms with Gasteiger partial charge in [0.2, 0.25) is 0 Å². The predicted molar refractivity (Wildman–Crippen MR) is 108 cm³/mol. The van der Waals surface area contributed by atoms with Gasteiger partial charge in [-0.15, -0.1) is 11.3 Å². The Morgan fingerprint density at radius 1 is 0.920 bits per heavy atom. The summed E-state index contributed by atoms with van der Waals surface area (Å²) in [6.07, 6.45) is 0. The molecule has 0 aliphatic rings. The maximum atomic E-state index is 11.9. The van der Waals surface area contributed by atoms with E-state index in [1.807, 2.05) is 57.2 Å². The zero-order valence-corrected chi connectivity index (χ0v) is 16.4. The zero-order valence-electron chi connectivity index (χ0n) is 14.1. The topological polar surface area (TPSA) is 43.1 Å². The molecule has 0 spiro atoms. The van der Waals surface area contributed by atoms with Gasteiger partial charge in [-0.25, -0.2) is 0 Å². The first-order valence-electron chi connectivity index (χ1n) is 7.76. The smallest absolute Gasteiger partial charge is 0.259 e. The molecule has 0 aliphatic heterocycles. The number of halogens is 2. The van der Waals surface area contributed by atoms with Crippen LogP contribution in [0.1, 0.15) is 26.4 Å². The molecular formula is C20H17Cl2NOS. The summed E-state index contributed by atoms with van der Waals surface area (Å²) in [7, 11) is 0. The molecule has 5 heteroatoms. The van der Waals surface area contributed by atoms with Gasteiger partial charge in [-0.3, -0.25) is 4.79 Å². The molecule has 25 heavy (non-hydrogen) atoms. The first-order chi connectivity index (χ1) is 11.8. The number of primary amides is 1. The van der Waals surface area contributed by atoms with Gasteiger partial charge >= 0.3 is 0 Å². The number of hydrogen-bond donors (Lipinski definition) is 1. The van der Waals surface area contributed by atoms with Crippen LogP contribution < -0.4 is 5.73 Å². The van der Waals surface area contributed by atoms with Crippen molar-refractivity contribution in [1.82, 2.24) is 0 Å². The highest BCUT2D eigenvalue weighted by Crippen LogP contribution is 2.45. The normalized spacial score (nSPS) is 10.9. The fourth-order valence-electron chi connectivity index (χ4n) is 3.05. The molecule has 2 N–H and O–H groups in total. The molecule has 0 aliphatic carbocycles. The van der Waals surface area contributed by atoms with Crippen molar-refractivity contribution in [2.24, 2.45) is 5.73 Å². The molecule has 0 radical (unpaired) electrons. The molecule has 3 rings (SSSR count). The number of amides is 1. The molecule has 2 aromatic carbocycles. The largest absolute Gasteiger partial charge is 0.365 e. The Labute approximate surface area is 161 Å². The summed E-state index contributed by atoms with van der Waals surface area (Å²) in [5.41, 5.74) is 11.7. The van der Waals surface area contributed by atoms with Gasteiger partial charge in [-0.2, -0.15) is 0 Å². The first kappa shape index (κ1) is 18.0. The molecule has 0 saturated carbocycles. The van der Waals surface area contributed by atoms with Crippen molar-refractivity contribution in [2.45, 2.75) is 20.8 Å². The lowest BCUT2D eigenvalue weighted by atomic mass is 9.93. The zero-order chi connectivity index (χ0) is 18.3. The quantitative estimate of drug-likeness (QED) is 0.551. The van der Waals surface area contributed by atoms with Crippen LogP contribution in [-0.4, -0.2) is 5.91 Å². The minimum atomic E-state index is -0.409. The summed E-state index contributed by atoms with van der Waals surface area (Å²) in [5.74, 6) is -0.409. The number of thiophene rings is 1. The summed E-state index contributed by atoms with van der Waals surface area (Å²) in [4.78, 5) is 13.5. The number of nitrogens with two attached hydrogens (primary N) is 1. The fourth-order valence-corrected chi connectivity index (χ4v) is 4.77. The second-order valence-electron chi connectivity index (χ2n) is 6.04. The molecule has 1 amide bonds. The summed E-state index contributed by atoms with van der Waals surface area (Å²) >= 11 is 13.6. The Morgan fingerprint density at radius 3 is 1.92 bits per heavy atom. The third-order valence-corrected chi connectivity index (χ3v) is 6.07. The third-order valence-electron chi connectivity index (χ3n) is 4.26. The van der Waals surface area contributed by atoms with Gasteiger partial charge in [0.25, 0.3) is 5.91 Å². The van der Waals surface area contributed by atoms with Crippen molar-refractivity contribution in [2.75, 3.05) is 0 Å². The summed E-state index contributed by atoms with van der Waals surface area (Å²) in [6.45, 7) is 5.97. The van der Waals surface area contributed by atoms with Gasteiger partial charge in [-0.1, -0.05) is 35.3 Å². The molecule has 0 bridgehead atoms. The molecular weight excluding hydrogens is 373 g/mol. The minimum Gasteiger partial charge on any atom is -0.365 e. The lowest BCUT2D eigenvalue weighted by molar-refractivity contribution is 0.100. The summed E-state index contributed by atoms with van der Waals surface area (Å²) < 4.78 is 0. The highest BCUT2D eigenvalue weighted by molar-refractivity contribution is 7.18. The molecule has 0 fully saturated rings. The summed E-state index contributed by atoms with van der Waals surface area (Å²) in [5, 5.41) is 1.38. The van der Waals surface area contributed by atoms with E-state index < -0.39 is 5.91 Å². The van der Waals surface area contributed by atoms with E-state index in [9.17, 15) is 4.79 Å². The number of carbonyl (C=O) groups is 1. The van der Waals surface area contributed by atoms with E-state index in [1.54, 1.807) is 0 Å². The van der Waals surface area contributed by atoms with Crippen LogP contribution in [0.2, 0.25) is 10.0 Å². The van der Waals surface area contributed by atoms with E-state index >= 15 is 0 Å². The first-order valence-corrected chi connectivity index (χ1v) is 9.33. The second kappa shape index (κ2) is 6.83. The van der Waals surface area contributed by atoms with Crippen molar-refractivity contribution in [3.63, 3.8) is 0 Å². The van der Waals surface area contributed by atoms with E-state index in [1.165, 1.54) is 11.3 Å². The van der Waals surface area contributed by atoms with Crippen molar-refractivity contribution in [3.8, 4) is 21.6 Å². The fraction of sp³-hybridized carbons (Fsp3) is 0.150. The molecule has 2 nitrogen and oxygen atoms in total. The van der Waals surface area contributed by atoms with Gasteiger partial charge in [0.05, 0.1) is 4.88 Å². The average Bonchev–Trinajstić information content (AvgIpc) is 2.85. The van der Waals surface area contributed by atoms with Crippen LogP contribution in [0.4, 0.5) is 0 Å². The van der Waals surface area contributed by atoms with Crippen LogP contribution in [-0.2, 0) is 0 Å². The second-order valence-corrected chi connectivity index (χ2v) is 7.94. The molecule has 128 valence electrons. The molecule has 0 unspecified atom stereocenters. The van der Waals surface area contributed by atoms with Gasteiger partial charge in [0, 0.05) is 20.5 Å². The van der Waals surface area contributed by atoms with Gasteiger partial charge < -0.3 is 5.73 Å². The lowest BCUT2D eigenvalue weighted by Gasteiger charge is -2.12. The Kier molecular flexibility index (Phi) is 4.92. The Hall–Kier alpha value is -1.81. The van der Waals surface area contributed by atoms with E-state index in [4.69, 9.17) is 28.9 Å². The van der Waals surface area contributed by atoms with Crippen LogP contribution in [0.15, 0.2) is 36.4 Å². The van der Waals surface area contributed by atoms with Crippen molar-refractivity contribution >= 4 is 40.4 Å². The van der Waals surface area contributed by atoms with Gasteiger partial charge in [0.1, 0.15) is 0 Å². The SMILES string of the molecule is Cc1cc(Cl)ccc1-c1sc(C(N)=O)c(C)c1-c1ccc(Cl)cc1C. The molecule has 0 atom stereocenters. The highest BCUT2D eigenvalue weighted by atomic mass is 35.5. The Balaban J connectivity index is 2.35. The van der Waals surface area contributed by atoms with Gasteiger partial charge in [-0.05, 0) is 72.9 Å².